The van der Waals surface area contributed by atoms with E-state index in [0.717, 1.165) is 29.7 Å². The normalized spacial score (nSPS) is 15.2. The second-order valence-electron chi connectivity index (χ2n) is 5.54. The zero-order valence-electron chi connectivity index (χ0n) is 12.4. The Morgan fingerprint density at radius 1 is 1.09 bits per heavy atom. The summed E-state index contributed by atoms with van der Waals surface area (Å²) in [6, 6.07) is 13.5. The van der Waals surface area contributed by atoms with Crippen molar-refractivity contribution in [2.75, 3.05) is 7.11 Å². The minimum atomic E-state index is -0.286. The predicted octanol–water partition coefficient (Wildman–Crippen LogP) is 3.45. The summed E-state index contributed by atoms with van der Waals surface area (Å²) in [4.78, 5) is 12.1. The summed E-state index contributed by atoms with van der Waals surface area (Å²) in [5.74, 6) is 0.659. The lowest BCUT2D eigenvalue weighted by Gasteiger charge is -2.20. The Morgan fingerprint density at radius 3 is 2.14 bits per heavy atom. The molecule has 3 nitrogen and oxygen atoms in total. The minimum Gasteiger partial charge on any atom is -0.497 e. The maximum Gasteiger partial charge on any atom is 0.223 e. The van der Waals surface area contributed by atoms with E-state index < -0.39 is 0 Å². The van der Waals surface area contributed by atoms with Gasteiger partial charge >= 0.3 is 0 Å². The minimum absolute atomic E-state index is 0.0603. The van der Waals surface area contributed by atoms with Crippen molar-refractivity contribution in [2.45, 2.75) is 18.9 Å². The van der Waals surface area contributed by atoms with E-state index in [9.17, 15) is 9.18 Å². The summed E-state index contributed by atoms with van der Waals surface area (Å²) in [7, 11) is 1.61. The first-order valence-electron chi connectivity index (χ1n) is 7.37. The average molecular weight is 299 g/mol. The van der Waals surface area contributed by atoms with E-state index in [0.29, 0.717) is 0 Å². The summed E-state index contributed by atoms with van der Waals surface area (Å²) in [6.07, 6.45) is 1.90. The van der Waals surface area contributed by atoms with Crippen LogP contribution < -0.4 is 10.1 Å². The first kappa shape index (κ1) is 14.6. The molecule has 2 aromatic carbocycles. The Morgan fingerprint density at radius 2 is 1.64 bits per heavy atom. The molecule has 1 aliphatic carbocycles. The fourth-order valence-corrected chi connectivity index (χ4v) is 2.42. The molecule has 0 aromatic heterocycles. The number of halogens is 1. The summed E-state index contributed by atoms with van der Waals surface area (Å²) < 4.78 is 18.3. The van der Waals surface area contributed by atoms with Crippen LogP contribution in [0.2, 0.25) is 0 Å². The zero-order valence-corrected chi connectivity index (χ0v) is 12.4. The number of benzene rings is 2. The molecule has 1 unspecified atom stereocenters. The Labute approximate surface area is 129 Å². The maximum absolute atomic E-state index is 13.1. The molecule has 0 aliphatic heterocycles. The molecule has 114 valence electrons. The van der Waals surface area contributed by atoms with Crippen molar-refractivity contribution in [2.24, 2.45) is 5.92 Å². The summed E-state index contributed by atoms with van der Waals surface area (Å²) in [6.45, 7) is 0. The SMILES string of the molecule is COc1ccc(C(NC(=O)C2CC2)c2ccc(F)cc2)cc1. The van der Waals surface area contributed by atoms with E-state index in [4.69, 9.17) is 4.74 Å². The Bertz CT molecular complexity index is 648. The summed E-state index contributed by atoms with van der Waals surface area (Å²) in [5.41, 5.74) is 1.81. The number of ether oxygens (including phenoxy) is 1. The maximum atomic E-state index is 13.1. The summed E-state index contributed by atoms with van der Waals surface area (Å²) >= 11 is 0. The number of rotatable bonds is 5. The molecule has 1 fully saturated rings. The van der Waals surface area contributed by atoms with E-state index in [-0.39, 0.29) is 23.7 Å². The van der Waals surface area contributed by atoms with Gasteiger partial charge in [-0.15, -0.1) is 0 Å². The number of methoxy groups -OCH3 is 1. The molecule has 0 heterocycles. The lowest BCUT2D eigenvalue weighted by Crippen LogP contribution is -2.30. The van der Waals surface area contributed by atoms with Gasteiger partial charge in [0.1, 0.15) is 11.6 Å². The Hall–Kier alpha value is -2.36. The van der Waals surface area contributed by atoms with Gasteiger partial charge in [0, 0.05) is 5.92 Å². The van der Waals surface area contributed by atoms with Gasteiger partial charge in [-0.2, -0.15) is 0 Å². The zero-order chi connectivity index (χ0) is 15.5. The molecule has 2 aromatic rings. The third kappa shape index (κ3) is 3.27. The van der Waals surface area contributed by atoms with Crippen molar-refractivity contribution in [1.82, 2.24) is 5.32 Å². The molecule has 22 heavy (non-hydrogen) atoms. The van der Waals surface area contributed by atoms with Gasteiger partial charge in [-0.25, -0.2) is 4.39 Å². The van der Waals surface area contributed by atoms with Gasteiger partial charge in [0.25, 0.3) is 0 Å². The van der Waals surface area contributed by atoms with Gasteiger partial charge in [-0.05, 0) is 48.2 Å². The molecule has 0 bridgehead atoms. The van der Waals surface area contributed by atoms with Crippen LogP contribution in [0.5, 0.6) is 5.75 Å². The Kier molecular flexibility index (Phi) is 4.09. The molecular formula is C18H18FNO2. The van der Waals surface area contributed by atoms with Crippen LogP contribution in [0.25, 0.3) is 0 Å². The smallest absolute Gasteiger partial charge is 0.223 e. The highest BCUT2D eigenvalue weighted by Gasteiger charge is 2.31. The highest BCUT2D eigenvalue weighted by molar-refractivity contribution is 5.81. The fraction of sp³-hybridized carbons (Fsp3) is 0.278. The molecule has 1 N–H and O–H groups in total. The molecule has 4 heteroatoms. The van der Waals surface area contributed by atoms with Gasteiger partial charge in [0.05, 0.1) is 13.2 Å². The van der Waals surface area contributed by atoms with E-state index in [1.807, 2.05) is 24.3 Å². The number of nitrogens with one attached hydrogen (secondary N) is 1. The second kappa shape index (κ2) is 6.18. The standard InChI is InChI=1S/C18H18FNO2/c1-22-16-10-6-13(7-11-16)17(20-18(21)14-2-3-14)12-4-8-15(19)9-5-12/h4-11,14,17H,2-3H2,1H3,(H,20,21). The molecule has 0 spiro atoms. The van der Waals surface area contributed by atoms with Crippen LogP contribution in [-0.4, -0.2) is 13.0 Å². The van der Waals surface area contributed by atoms with E-state index >= 15 is 0 Å². The quantitative estimate of drug-likeness (QED) is 0.918. The second-order valence-corrected chi connectivity index (χ2v) is 5.54. The highest BCUT2D eigenvalue weighted by atomic mass is 19.1. The molecule has 1 saturated carbocycles. The third-order valence-electron chi connectivity index (χ3n) is 3.89. The van der Waals surface area contributed by atoms with E-state index in [1.54, 1.807) is 19.2 Å². The molecule has 1 atom stereocenters. The molecule has 0 radical (unpaired) electrons. The van der Waals surface area contributed by atoms with Crippen LogP contribution in [0.3, 0.4) is 0 Å². The third-order valence-corrected chi connectivity index (χ3v) is 3.89. The largest absolute Gasteiger partial charge is 0.497 e. The number of hydrogen-bond donors (Lipinski definition) is 1. The highest BCUT2D eigenvalue weighted by Crippen LogP contribution is 2.31. The molecule has 3 rings (SSSR count). The topological polar surface area (TPSA) is 38.3 Å². The van der Waals surface area contributed by atoms with Crippen LogP contribution in [0.1, 0.15) is 30.0 Å². The van der Waals surface area contributed by atoms with Gasteiger partial charge in [-0.3, -0.25) is 4.79 Å². The van der Waals surface area contributed by atoms with Crippen molar-refractivity contribution in [1.29, 1.82) is 0 Å². The number of amides is 1. The molecule has 0 saturated heterocycles. The first-order chi connectivity index (χ1) is 10.7. The van der Waals surface area contributed by atoms with Crippen molar-refractivity contribution in [3.05, 3.63) is 65.5 Å². The van der Waals surface area contributed by atoms with Crippen molar-refractivity contribution >= 4 is 5.91 Å². The van der Waals surface area contributed by atoms with Crippen molar-refractivity contribution in [3.8, 4) is 5.75 Å². The van der Waals surface area contributed by atoms with Crippen LogP contribution in [-0.2, 0) is 4.79 Å². The van der Waals surface area contributed by atoms with Crippen LogP contribution in [0.4, 0.5) is 4.39 Å². The number of carbonyl (C=O) groups excluding carboxylic acids is 1. The van der Waals surface area contributed by atoms with Crippen LogP contribution >= 0.6 is 0 Å². The number of carbonyl (C=O) groups is 1. The summed E-state index contributed by atoms with van der Waals surface area (Å²) in [5, 5.41) is 3.07. The van der Waals surface area contributed by atoms with Gasteiger partial charge in [-0.1, -0.05) is 24.3 Å². The molecule has 1 aliphatic rings. The molecular weight excluding hydrogens is 281 g/mol. The van der Waals surface area contributed by atoms with E-state index in [1.165, 1.54) is 12.1 Å². The van der Waals surface area contributed by atoms with Crippen molar-refractivity contribution in [3.63, 3.8) is 0 Å². The fourth-order valence-electron chi connectivity index (χ4n) is 2.42. The van der Waals surface area contributed by atoms with Crippen molar-refractivity contribution < 1.29 is 13.9 Å². The lowest BCUT2D eigenvalue weighted by atomic mass is 9.98. The lowest BCUT2D eigenvalue weighted by molar-refractivity contribution is -0.122. The van der Waals surface area contributed by atoms with Crippen LogP contribution in [0.15, 0.2) is 48.5 Å². The van der Waals surface area contributed by atoms with Crippen LogP contribution in [0, 0.1) is 11.7 Å². The van der Waals surface area contributed by atoms with Gasteiger partial charge in [0.2, 0.25) is 5.91 Å². The monoisotopic (exact) mass is 299 g/mol. The first-order valence-corrected chi connectivity index (χ1v) is 7.37. The van der Waals surface area contributed by atoms with Gasteiger partial charge < -0.3 is 10.1 Å². The van der Waals surface area contributed by atoms with E-state index in [2.05, 4.69) is 5.32 Å². The number of hydrogen-bond acceptors (Lipinski definition) is 2. The molecule has 1 amide bonds. The van der Waals surface area contributed by atoms with Gasteiger partial charge in [0.15, 0.2) is 0 Å². The Balaban J connectivity index is 1.89. The average Bonchev–Trinajstić information content (AvgIpc) is 3.38. The predicted molar refractivity (Wildman–Crippen MR) is 82.1 cm³/mol.